The third-order valence-corrected chi connectivity index (χ3v) is 5.16. The van der Waals surface area contributed by atoms with Crippen LogP contribution in [0.5, 0.6) is 0 Å². The molecule has 1 aliphatic carbocycles. The monoisotopic (exact) mass is 353 g/mol. The Morgan fingerprint density at radius 3 is 2.58 bits per heavy atom. The highest BCUT2D eigenvalue weighted by atomic mass is 16.4. The first-order chi connectivity index (χ1) is 12.5. The lowest BCUT2D eigenvalue weighted by Gasteiger charge is -2.32. The topological polar surface area (TPSA) is 127 Å². The summed E-state index contributed by atoms with van der Waals surface area (Å²) >= 11 is 0. The molecule has 0 aliphatic heterocycles. The molecule has 8 heteroatoms. The Kier molecular flexibility index (Phi) is 3.75. The van der Waals surface area contributed by atoms with E-state index in [1.165, 1.54) is 0 Å². The van der Waals surface area contributed by atoms with E-state index in [1.54, 1.807) is 6.07 Å². The van der Waals surface area contributed by atoms with Gasteiger partial charge in [0.15, 0.2) is 5.82 Å². The van der Waals surface area contributed by atoms with Crippen LogP contribution in [-0.4, -0.2) is 36.9 Å². The minimum atomic E-state index is -1.15. The van der Waals surface area contributed by atoms with E-state index in [9.17, 15) is 14.7 Å². The second kappa shape index (κ2) is 5.98. The lowest BCUT2D eigenvalue weighted by Crippen LogP contribution is -2.41. The van der Waals surface area contributed by atoms with Crippen molar-refractivity contribution < 1.29 is 14.7 Å². The van der Waals surface area contributed by atoms with E-state index in [-0.39, 0.29) is 0 Å². The van der Waals surface area contributed by atoms with Crippen LogP contribution in [0.1, 0.15) is 37.8 Å². The zero-order valence-electron chi connectivity index (χ0n) is 14.1. The van der Waals surface area contributed by atoms with E-state index < -0.39 is 17.4 Å². The van der Waals surface area contributed by atoms with Gasteiger partial charge < -0.3 is 15.8 Å². The first-order valence-corrected chi connectivity index (χ1v) is 8.60. The Balaban J connectivity index is 1.87. The molecule has 2 aromatic heterocycles. The number of nitrogens with two attached hydrogens (primary N) is 1. The molecule has 134 valence electrons. The van der Waals surface area contributed by atoms with Crippen LogP contribution in [0.4, 0.5) is 4.79 Å². The quantitative estimate of drug-likeness (QED) is 0.667. The van der Waals surface area contributed by atoms with Crippen molar-refractivity contribution in [1.29, 1.82) is 0 Å². The number of carbonyl (C=O) groups is 2. The number of H-pyrrole nitrogens is 1. The molecule has 26 heavy (non-hydrogen) atoms. The summed E-state index contributed by atoms with van der Waals surface area (Å²) in [5, 5.41) is 14.2. The van der Waals surface area contributed by atoms with Crippen molar-refractivity contribution in [2.45, 2.75) is 37.5 Å². The number of benzene rings is 1. The molecule has 2 heterocycles. The van der Waals surface area contributed by atoms with Crippen molar-refractivity contribution in [2.24, 2.45) is 5.73 Å². The fourth-order valence-corrected chi connectivity index (χ4v) is 3.81. The number of para-hydroxylation sites is 2. The van der Waals surface area contributed by atoms with E-state index in [0.717, 1.165) is 35.0 Å². The van der Waals surface area contributed by atoms with Crippen LogP contribution in [0, 0.1) is 0 Å². The highest BCUT2D eigenvalue weighted by Crippen LogP contribution is 2.40. The summed E-state index contributed by atoms with van der Waals surface area (Å²) in [4.78, 5) is 31.7. The second-order valence-electron chi connectivity index (χ2n) is 6.72. The molecule has 0 atom stereocenters. The van der Waals surface area contributed by atoms with E-state index in [2.05, 4.69) is 15.1 Å². The average molecular weight is 353 g/mol. The van der Waals surface area contributed by atoms with E-state index in [1.807, 2.05) is 24.3 Å². The standard InChI is InChI=1S/C18H19N5O3/c19-17(26)23-14(18(16(24)25)8-4-1-5-9-18)10-13(22-23)15-20-11-6-2-3-7-12(11)21-15/h2-3,6-7,10H,1,4-5,8-9H2,(H2,19,26)(H,20,21)(H,24,25). The van der Waals surface area contributed by atoms with Crippen LogP contribution in [0.25, 0.3) is 22.6 Å². The van der Waals surface area contributed by atoms with Crippen LogP contribution in [0.2, 0.25) is 0 Å². The number of imidazole rings is 1. The lowest BCUT2D eigenvalue weighted by atomic mass is 9.71. The molecule has 8 nitrogen and oxygen atoms in total. The van der Waals surface area contributed by atoms with Gasteiger partial charge in [-0.05, 0) is 31.0 Å². The fraction of sp³-hybridized carbons (Fsp3) is 0.333. The zero-order valence-corrected chi connectivity index (χ0v) is 14.1. The predicted octanol–water partition coefficient (Wildman–Crippen LogP) is 2.64. The van der Waals surface area contributed by atoms with Gasteiger partial charge in [-0.2, -0.15) is 9.78 Å². The molecule has 0 spiro atoms. The first-order valence-electron chi connectivity index (χ1n) is 8.60. The molecule has 4 rings (SSSR count). The maximum absolute atomic E-state index is 12.1. The van der Waals surface area contributed by atoms with E-state index in [4.69, 9.17) is 5.73 Å². The van der Waals surface area contributed by atoms with Gasteiger partial charge >= 0.3 is 12.0 Å². The van der Waals surface area contributed by atoms with Gasteiger partial charge in [0, 0.05) is 0 Å². The summed E-state index contributed by atoms with van der Waals surface area (Å²) in [5.74, 6) is -0.473. The molecule has 1 aliphatic rings. The number of aliphatic carboxylic acids is 1. The van der Waals surface area contributed by atoms with Crippen LogP contribution in [-0.2, 0) is 10.2 Å². The average Bonchev–Trinajstić information content (AvgIpc) is 3.26. The van der Waals surface area contributed by atoms with E-state index >= 15 is 0 Å². The highest BCUT2D eigenvalue weighted by molar-refractivity contribution is 5.85. The Morgan fingerprint density at radius 1 is 1.19 bits per heavy atom. The SMILES string of the molecule is NC(=O)n1nc(-c2nc3ccccc3[nH]2)cc1C1(C(=O)O)CCCCC1. The predicted molar refractivity (Wildman–Crippen MR) is 94.7 cm³/mol. The maximum Gasteiger partial charge on any atom is 0.339 e. The highest BCUT2D eigenvalue weighted by Gasteiger charge is 2.45. The summed E-state index contributed by atoms with van der Waals surface area (Å²) in [6.45, 7) is 0. The number of nitrogens with zero attached hydrogens (tertiary/aromatic N) is 3. The van der Waals surface area contributed by atoms with Crippen LogP contribution < -0.4 is 5.73 Å². The van der Waals surface area contributed by atoms with Crippen LogP contribution in [0.15, 0.2) is 30.3 Å². The molecular formula is C18H19N5O3. The zero-order chi connectivity index (χ0) is 18.3. The third-order valence-electron chi connectivity index (χ3n) is 5.16. The summed E-state index contributed by atoms with van der Waals surface area (Å²) in [7, 11) is 0. The van der Waals surface area contributed by atoms with Crippen molar-refractivity contribution in [2.75, 3.05) is 0 Å². The van der Waals surface area contributed by atoms with Gasteiger partial charge in [-0.25, -0.2) is 9.78 Å². The van der Waals surface area contributed by atoms with Crippen molar-refractivity contribution in [1.82, 2.24) is 19.7 Å². The molecule has 1 saturated carbocycles. The van der Waals surface area contributed by atoms with Crippen LogP contribution in [0.3, 0.4) is 0 Å². The summed E-state index contributed by atoms with van der Waals surface area (Å²) in [5.41, 5.74) is 6.67. The molecular weight excluding hydrogens is 334 g/mol. The number of rotatable bonds is 3. The molecule has 3 aromatic rings. The van der Waals surface area contributed by atoms with Gasteiger partial charge in [-0.1, -0.05) is 31.4 Å². The number of hydrogen-bond acceptors (Lipinski definition) is 4. The number of amides is 1. The minimum Gasteiger partial charge on any atom is -0.481 e. The normalized spacial score (nSPS) is 16.6. The number of primary amides is 1. The number of nitrogens with one attached hydrogen (secondary N) is 1. The molecule has 1 amide bonds. The van der Waals surface area contributed by atoms with Gasteiger partial charge in [0.25, 0.3) is 0 Å². The molecule has 0 radical (unpaired) electrons. The van der Waals surface area contributed by atoms with Gasteiger partial charge in [-0.15, -0.1) is 0 Å². The number of fused-ring (bicyclic) bond motifs is 1. The number of carbonyl (C=O) groups excluding carboxylic acids is 1. The van der Waals surface area contributed by atoms with Gasteiger partial charge in [0.2, 0.25) is 0 Å². The Labute approximate surface area is 149 Å². The third kappa shape index (κ3) is 2.45. The number of aromatic nitrogens is 4. The molecule has 1 aromatic carbocycles. The Hall–Kier alpha value is -3.16. The number of carboxylic acids is 1. The largest absolute Gasteiger partial charge is 0.481 e. The summed E-state index contributed by atoms with van der Waals surface area (Å²) in [6.07, 6.45) is 3.48. The fourth-order valence-electron chi connectivity index (χ4n) is 3.81. The summed E-state index contributed by atoms with van der Waals surface area (Å²) < 4.78 is 1.02. The molecule has 0 saturated heterocycles. The maximum atomic E-state index is 12.1. The van der Waals surface area contributed by atoms with Crippen molar-refractivity contribution in [3.8, 4) is 11.5 Å². The number of aromatic amines is 1. The smallest absolute Gasteiger partial charge is 0.339 e. The van der Waals surface area contributed by atoms with Gasteiger partial charge in [0.05, 0.1) is 16.7 Å². The first kappa shape index (κ1) is 16.3. The number of carboxylic acid groups (broad SMARTS) is 1. The lowest BCUT2D eigenvalue weighted by molar-refractivity contribution is -0.145. The Morgan fingerprint density at radius 2 is 1.92 bits per heavy atom. The van der Waals surface area contributed by atoms with Gasteiger partial charge in [0.1, 0.15) is 11.1 Å². The van der Waals surface area contributed by atoms with Crippen molar-refractivity contribution in [3.63, 3.8) is 0 Å². The minimum absolute atomic E-state index is 0.327. The Bertz CT molecular complexity index is 964. The summed E-state index contributed by atoms with van der Waals surface area (Å²) in [6, 6.07) is 8.34. The van der Waals surface area contributed by atoms with E-state index in [0.29, 0.717) is 30.1 Å². The molecule has 0 unspecified atom stereocenters. The second-order valence-corrected chi connectivity index (χ2v) is 6.72. The van der Waals surface area contributed by atoms with Gasteiger partial charge in [-0.3, -0.25) is 4.79 Å². The molecule has 1 fully saturated rings. The number of hydrogen-bond donors (Lipinski definition) is 3. The van der Waals surface area contributed by atoms with Crippen LogP contribution >= 0.6 is 0 Å². The van der Waals surface area contributed by atoms with Crippen molar-refractivity contribution >= 4 is 23.0 Å². The van der Waals surface area contributed by atoms with Crippen molar-refractivity contribution in [3.05, 3.63) is 36.0 Å². The molecule has 4 N–H and O–H groups in total. The molecule has 0 bridgehead atoms.